The highest BCUT2D eigenvalue weighted by Gasteiger charge is 2.17. The van der Waals surface area contributed by atoms with Gasteiger partial charge in [0.2, 0.25) is 0 Å². The van der Waals surface area contributed by atoms with Crippen molar-refractivity contribution in [1.82, 2.24) is 0 Å². The van der Waals surface area contributed by atoms with Crippen molar-refractivity contribution in [3.05, 3.63) is 29.6 Å². The zero-order valence-corrected chi connectivity index (χ0v) is 7.36. The predicted molar refractivity (Wildman–Crippen MR) is 46.5 cm³/mol. The van der Waals surface area contributed by atoms with E-state index >= 15 is 0 Å². The number of rotatable bonds is 1. The summed E-state index contributed by atoms with van der Waals surface area (Å²) in [6, 6.07) is 3.44. The fraction of sp³-hybridized carbons (Fsp3) is 0.400. The molecule has 1 aromatic heterocycles. The summed E-state index contributed by atoms with van der Waals surface area (Å²) < 4.78 is 2.13. The van der Waals surface area contributed by atoms with Gasteiger partial charge in [-0.25, -0.2) is 9.36 Å². The molecule has 1 aromatic rings. The monoisotopic (exact) mass is 178 g/mol. The molecule has 0 saturated carbocycles. The number of carboxylic acids is 1. The lowest BCUT2D eigenvalue weighted by molar-refractivity contribution is -0.709. The normalized spacial score (nSPS) is 15.1. The van der Waals surface area contributed by atoms with Gasteiger partial charge in [0.15, 0.2) is 11.9 Å². The van der Waals surface area contributed by atoms with E-state index in [9.17, 15) is 4.79 Å². The second-order valence-corrected chi connectivity index (χ2v) is 3.36. The maximum absolute atomic E-state index is 10.7. The maximum atomic E-state index is 10.7. The van der Waals surface area contributed by atoms with Crippen molar-refractivity contribution in [2.75, 3.05) is 0 Å². The number of hydrogen-bond donors (Lipinski definition) is 1. The Kier molecular flexibility index (Phi) is 2.00. The molecule has 2 rings (SSSR count). The van der Waals surface area contributed by atoms with E-state index in [1.54, 1.807) is 12.1 Å². The standard InChI is InChI=1S/C10H11NO2/c12-10(13)8-4-6-11-5-2-1-3-9(11)7-8/h4,6-7H,1-3,5H2/p+1. The molecule has 0 amide bonds. The van der Waals surface area contributed by atoms with Gasteiger partial charge in [0.1, 0.15) is 6.54 Å². The first kappa shape index (κ1) is 8.23. The van der Waals surface area contributed by atoms with E-state index in [1.165, 1.54) is 12.8 Å². The molecule has 0 atom stereocenters. The lowest BCUT2D eigenvalue weighted by atomic mass is 10.1. The largest absolute Gasteiger partial charge is 0.478 e. The number of fused-ring (bicyclic) bond motifs is 1. The Hall–Kier alpha value is -1.38. The first-order valence-corrected chi connectivity index (χ1v) is 4.53. The van der Waals surface area contributed by atoms with E-state index in [0.29, 0.717) is 5.56 Å². The number of carboxylic acid groups (broad SMARTS) is 1. The average molecular weight is 178 g/mol. The Bertz CT molecular complexity index is 347. The lowest BCUT2D eigenvalue weighted by Gasteiger charge is -2.09. The van der Waals surface area contributed by atoms with E-state index in [1.807, 2.05) is 6.20 Å². The van der Waals surface area contributed by atoms with Gasteiger partial charge in [-0.3, -0.25) is 0 Å². The summed E-state index contributed by atoms with van der Waals surface area (Å²) in [6.45, 7) is 1.02. The van der Waals surface area contributed by atoms with Crippen LogP contribution in [0.3, 0.4) is 0 Å². The second-order valence-electron chi connectivity index (χ2n) is 3.36. The maximum Gasteiger partial charge on any atom is 0.336 e. The van der Waals surface area contributed by atoms with Crippen molar-refractivity contribution in [1.29, 1.82) is 0 Å². The molecular formula is C10H12NO2+. The van der Waals surface area contributed by atoms with Crippen molar-refractivity contribution >= 4 is 5.97 Å². The van der Waals surface area contributed by atoms with Gasteiger partial charge in [-0.15, -0.1) is 0 Å². The van der Waals surface area contributed by atoms with Gasteiger partial charge in [0, 0.05) is 25.0 Å². The number of aromatic nitrogens is 1. The molecule has 0 spiro atoms. The molecule has 0 saturated heterocycles. The summed E-state index contributed by atoms with van der Waals surface area (Å²) in [7, 11) is 0. The molecule has 0 bridgehead atoms. The van der Waals surface area contributed by atoms with Crippen LogP contribution in [0.25, 0.3) is 0 Å². The zero-order chi connectivity index (χ0) is 9.26. The van der Waals surface area contributed by atoms with Crippen molar-refractivity contribution in [3.8, 4) is 0 Å². The number of pyridine rings is 1. The van der Waals surface area contributed by atoms with Crippen LogP contribution in [0.15, 0.2) is 18.3 Å². The third-order valence-corrected chi connectivity index (χ3v) is 2.45. The van der Waals surface area contributed by atoms with E-state index in [0.717, 1.165) is 18.7 Å². The van der Waals surface area contributed by atoms with Gasteiger partial charge >= 0.3 is 5.97 Å². The van der Waals surface area contributed by atoms with E-state index < -0.39 is 5.97 Å². The molecule has 3 nitrogen and oxygen atoms in total. The zero-order valence-electron chi connectivity index (χ0n) is 7.36. The van der Waals surface area contributed by atoms with Crippen LogP contribution in [0.4, 0.5) is 0 Å². The van der Waals surface area contributed by atoms with Gasteiger partial charge in [-0.1, -0.05) is 0 Å². The van der Waals surface area contributed by atoms with Crippen LogP contribution in [-0.2, 0) is 13.0 Å². The number of aryl methyl sites for hydroxylation is 2. The minimum absolute atomic E-state index is 0.396. The molecule has 1 N–H and O–H groups in total. The quantitative estimate of drug-likeness (QED) is 0.652. The average Bonchev–Trinajstić information content (AvgIpc) is 2.17. The fourth-order valence-electron chi connectivity index (χ4n) is 1.73. The molecule has 0 aliphatic carbocycles. The Morgan fingerprint density at radius 1 is 1.46 bits per heavy atom. The van der Waals surface area contributed by atoms with Crippen molar-refractivity contribution in [2.45, 2.75) is 25.8 Å². The van der Waals surface area contributed by atoms with Crippen LogP contribution < -0.4 is 4.57 Å². The Labute approximate surface area is 76.6 Å². The minimum atomic E-state index is -0.839. The van der Waals surface area contributed by atoms with Gasteiger partial charge < -0.3 is 5.11 Å². The topological polar surface area (TPSA) is 41.2 Å². The first-order chi connectivity index (χ1) is 6.27. The Morgan fingerprint density at radius 3 is 3.08 bits per heavy atom. The number of aromatic carboxylic acids is 1. The van der Waals surface area contributed by atoms with Crippen molar-refractivity contribution in [2.24, 2.45) is 0 Å². The van der Waals surface area contributed by atoms with Crippen LogP contribution in [0, 0.1) is 0 Å². The highest BCUT2D eigenvalue weighted by atomic mass is 16.4. The third kappa shape index (κ3) is 1.54. The van der Waals surface area contributed by atoms with Crippen molar-refractivity contribution in [3.63, 3.8) is 0 Å². The van der Waals surface area contributed by atoms with E-state index in [-0.39, 0.29) is 0 Å². The van der Waals surface area contributed by atoms with E-state index in [4.69, 9.17) is 5.11 Å². The molecule has 2 heterocycles. The number of hydrogen-bond acceptors (Lipinski definition) is 1. The van der Waals surface area contributed by atoms with Crippen LogP contribution in [0.5, 0.6) is 0 Å². The third-order valence-electron chi connectivity index (χ3n) is 2.45. The highest BCUT2D eigenvalue weighted by Crippen LogP contribution is 2.09. The van der Waals surface area contributed by atoms with Gasteiger partial charge in [0.05, 0.1) is 5.56 Å². The molecule has 3 heteroatoms. The molecule has 0 unspecified atom stereocenters. The molecule has 0 fully saturated rings. The highest BCUT2D eigenvalue weighted by molar-refractivity contribution is 5.87. The Morgan fingerprint density at radius 2 is 2.31 bits per heavy atom. The molecule has 1 aliphatic heterocycles. The summed E-state index contributed by atoms with van der Waals surface area (Å²) >= 11 is 0. The molecule has 0 radical (unpaired) electrons. The van der Waals surface area contributed by atoms with Crippen LogP contribution in [0.1, 0.15) is 28.9 Å². The molecule has 13 heavy (non-hydrogen) atoms. The molecular weight excluding hydrogens is 166 g/mol. The van der Waals surface area contributed by atoms with Gasteiger partial charge in [-0.05, 0) is 6.42 Å². The first-order valence-electron chi connectivity index (χ1n) is 4.53. The van der Waals surface area contributed by atoms with Crippen LogP contribution in [0.2, 0.25) is 0 Å². The lowest BCUT2D eigenvalue weighted by Crippen LogP contribution is -2.41. The van der Waals surface area contributed by atoms with Gasteiger partial charge in [0.25, 0.3) is 0 Å². The molecule has 0 aromatic carbocycles. The minimum Gasteiger partial charge on any atom is -0.478 e. The summed E-state index contributed by atoms with van der Waals surface area (Å²) in [5.74, 6) is -0.839. The number of nitrogens with zero attached hydrogens (tertiary/aromatic N) is 1. The van der Waals surface area contributed by atoms with E-state index in [2.05, 4.69) is 4.57 Å². The van der Waals surface area contributed by atoms with Crippen LogP contribution >= 0.6 is 0 Å². The SMILES string of the molecule is O=C(O)c1cc[n+]2c(c1)CCCC2. The summed E-state index contributed by atoms with van der Waals surface area (Å²) in [6.07, 6.45) is 5.24. The summed E-state index contributed by atoms with van der Waals surface area (Å²) in [4.78, 5) is 10.7. The predicted octanol–water partition coefficient (Wildman–Crippen LogP) is 1.01. The summed E-state index contributed by atoms with van der Waals surface area (Å²) in [5.41, 5.74) is 1.54. The fourth-order valence-corrected chi connectivity index (χ4v) is 1.73. The van der Waals surface area contributed by atoms with Crippen LogP contribution in [-0.4, -0.2) is 11.1 Å². The van der Waals surface area contributed by atoms with Crippen molar-refractivity contribution < 1.29 is 14.5 Å². The molecule has 1 aliphatic rings. The Balaban J connectivity index is 2.40. The smallest absolute Gasteiger partial charge is 0.336 e. The van der Waals surface area contributed by atoms with Gasteiger partial charge in [-0.2, -0.15) is 0 Å². The molecule has 68 valence electrons. The second kappa shape index (κ2) is 3.17. The number of carbonyl (C=O) groups is 1. The summed E-state index contributed by atoms with van der Waals surface area (Å²) in [5, 5.41) is 8.78.